The molecule has 0 spiro atoms. The first-order valence-corrected chi connectivity index (χ1v) is 9.83. The number of carboxylic acids is 1. The molecule has 0 bridgehead atoms. The summed E-state index contributed by atoms with van der Waals surface area (Å²) in [6.45, 7) is 1.09. The lowest BCUT2D eigenvalue weighted by molar-refractivity contribution is 0.0697. The summed E-state index contributed by atoms with van der Waals surface area (Å²) in [5.41, 5.74) is 3.29. The lowest BCUT2D eigenvalue weighted by Crippen LogP contribution is -2.02. The molecule has 2 N–H and O–H groups in total. The fourth-order valence-electron chi connectivity index (χ4n) is 2.52. The van der Waals surface area contributed by atoms with Crippen LogP contribution < -0.4 is 10.1 Å². The molecule has 0 radical (unpaired) electrons. The molecule has 0 fully saturated rings. The van der Waals surface area contributed by atoms with E-state index < -0.39 is 5.97 Å². The summed E-state index contributed by atoms with van der Waals surface area (Å²) in [6, 6.07) is 20.7. The standard InChI is InChI=1S/C21H17Br2NO3/c22-18-10-15(12-24-17-8-6-16(7-9-17)21(25)26)11-19(23)20(18)27-13-14-4-2-1-3-5-14/h1-11,24H,12-13H2,(H,25,26). The topological polar surface area (TPSA) is 58.6 Å². The molecule has 27 heavy (non-hydrogen) atoms. The highest BCUT2D eigenvalue weighted by molar-refractivity contribution is 9.11. The molecule has 3 aromatic carbocycles. The summed E-state index contributed by atoms with van der Waals surface area (Å²) in [5.74, 6) is -0.172. The highest BCUT2D eigenvalue weighted by Gasteiger charge is 2.10. The van der Waals surface area contributed by atoms with E-state index in [1.54, 1.807) is 24.3 Å². The van der Waals surface area contributed by atoms with E-state index in [1.165, 1.54) is 0 Å². The van der Waals surface area contributed by atoms with Crippen LogP contribution in [0.3, 0.4) is 0 Å². The van der Waals surface area contributed by atoms with Gasteiger partial charge in [-0.25, -0.2) is 4.79 Å². The van der Waals surface area contributed by atoms with Gasteiger partial charge in [0.05, 0.1) is 14.5 Å². The van der Waals surface area contributed by atoms with Gasteiger partial charge < -0.3 is 15.2 Å². The molecule has 0 aliphatic rings. The maximum atomic E-state index is 10.9. The van der Waals surface area contributed by atoms with E-state index in [9.17, 15) is 4.79 Å². The van der Waals surface area contributed by atoms with Gasteiger partial charge in [0.25, 0.3) is 0 Å². The van der Waals surface area contributed by atoms with Gasteiger partial charge in [0.2, 0.25) is 0 Å². The van der Waals surface area contributed by atoms with Crippen LogP contribution in [0, 0.1) is 0 Å². The Morgan fingerprint density at radius 2 is 1.56 bits per heavy atom. The van der Waals surface area contributed by atoms with Gasteiger partial charge in [0, 0.05) is 12.2 Å². The van der Waals surface area contributed by atoms with E-state index in [2.05, 4.69) is 37.2 Å². The number of rotatable bonds is 7. The number of carboxylic acid groups (broad SMARTS) is 1. The third-order valence-corrected chi connectivity index (χ3v) is 5.09. The predicted molar refractivity (Wildman–Crippen MR) is 113 cm³/mol. The van der Waals surface area contributed by atoms with Crippen LogP contribution in [0.25, 0.3) is 0 Å². The number of ether oxygens (including phenoxy) is 1. The minimum Gasteiger partial charge on any atom is -0.487 e. The third kappa shape index (κ3) is 5.34. The van der Waals surface area contributed by atoms with Gasteiger partial charge >= 0.3 is 5.97 Å². The Hall–Kier alpha value is -2.31. The third-order valence-electron chi connectivity index (χ3n) is 3.91. The molecule has 138 valence electrons. The number of hydrogen-bond acceptors (Lipinski definition) is 3. The van der Waals surface area contributed by atoms with Gasteiger partial charge in [-0.2, -0.15) is 0 Å². The zero-order valence-corrected chi connectivity index (χ0v) is 17.5. The molecule has 0 heterocycles. The highest BCUT2D eigenvalue weighted by atomic mass is 79.9. The molecule has 0 aromatic heterocycles. The summed E-state index contributed by atoms with van der Waals surface area (Å²) < 4.78 is 7.67. The summed E-state index contributed by atoms with van der Waals surface area (Å²) >= 11 is 7.15. The van der Waals surface area contributed by atoms with Crippen molar-refractivity contribution in [3.05, 3.63) is 92.4 Å². The Balaban J connectivity index is 1.64. The molecule has 6 heteroatoms. The Kier molecular flexibility index (Phi) is 6.53. The number of hydrogen-bond donors (Lipinski definition) is 2. The minimum atomic E-state index is -0.930. The lowest BCUT2D eigenvalue weighted by atomic mass is 10.2. The van der Waals surface area contributed by atoms with Crippen LogP contribution >= 0.6 is 31.9 Å². The fourth-order valence-corrected chi connectivity index (χ4v) is 4.03. The van der Waals surface area contributed by atoms with Gasteiger partial charge in [0.15, 0.2) is 0 Å². The largest absolute Gasteiger partial charge is 0.487 e. The van der Waals surface area contributed by atoms with Crippen LogP contribution in [0.1, 0.15) is 21.5 Å². The zero-order chi connectivity index (χ0) is 19.2. The molecule has 0 unspecified atom stereocenters. The number of carbonyl (C=O) groups is 1. The average Bonchev–Trinajstić information content (AvgIpc) is 2.67. The van der Waals surface area contributed by atoms with Crippen LogP contribution in [0.4, 0.5) is 5.69 Å². The van der Waals surface area contributed by atoms with Crippen molar-refractivity contribution in [3.63, 3.8) is 0 Å². The van der Waals surface area contributed by atoms with E-state index in [-0.39, 0.29) is 5.56 Å². The Morgan fingerprint density at radius 3 is 2.15 bits per heavy atom. The van der Waals surface area contributed by atoms with Crippen LogP contribution in [-0.4, -0.2) is 11.1 Å². The number of anilines is 1. The van der Waals surface area contributed by atoms with Crippen molar-refractivity contribution >= 4 is 43.5 Å². The molecular formula is C21H17Br2NO3. The molecule has 0 saturated carbocycles. The first kappa shape index (κ1) is 19.5. The van der Waals surface area contributed by atoms with Crippen molar-refractivity contribution in [2.24, 2.45) is 0 Å². The van der Waals surface area contributed by atoms with Crippen molar-refractivity contribution in [3.8, 4) is 5.75 Å². The van der Waals surface area contributed by atoms with Gasteiger partial charge in [-0.3, -0.25) is 0 Å². The molecule has 0 aliphatic heterocycles. The fraction of sp³-hybridized carbons (Fsp3) is 0.0952. The van der Waals surface area contributed by atoms with Gasteiger partial charge in [0.1, 0.15) is 12.4 Å². The van der Waals surface area contributed by atoms with Crippen molar-refractivity contribution < 1.29 is 14.6 Å². The first-order chi connectivity index (χ1) is 13.0. The Morgan fingerprint density at radius 1 is 0.926 bits per heavy atom. The summed E-state index contributed by atoms with van der Waals surface area (Å²) in [4.78, 5) is 10.9. The number of halogens is 2. The quantitative estimate of drug-likeness (QED) is 0.420. The second-order valence-electron chi connectivity index (χ2n) is 5.90. The van der Waals surface area contributed by atoms with Gasteiger partial charge in [-0.05, 0) is 79.4 Å². The van der Waals surface area contributed by atoms with Crippen LogP contribution in [0.15, 0.2) is 75.7 Å². The minimum absolute atomic E-state index is 0.269. The number of benzene rings is 3. The maximum Gasteiger partial charge on any atom is 0.335 e. The number of nitrogens with one attached hydrogen (secondary N) is 1. The number of aromatic carboxylic acids is 1. The second-order valence-corrected chi connectivity index (χ2v) is 7.61. The van der Waals surface area contributed by atoms with Gasteiger partial charge in [-0.15, -0.1) is 0 Å². The van der Waals surface area contributed by atoms with Crippen molar-refractivity contribution in [1.29, 1.82) is 0 Å². The van der Waals surface area contributed by atoms with Crippen molar-refractivity contribution in [2.45, 2.75) is 13.2 Å². The van der Waals surface area contributed by atoms with Gasteiger partial charge in [-0.1, -0.05) is 30.3 Å². The summed E-state index contributed by atoms with van der Waals surface area (Å²) in [7, 11) is 0. The smallest absolute Gasteiger partial charge is 0.335 e. The molecule has 0 atom stereocenters. The van der Waals surface area contributed by atoms with E-state index >= 15 is 0 Å². The molecule has 0 saturated heterocycles. The van der Waals surface area contributed by atoms with E-state index in [0.29, 0.717) is 13.2 Å². The van der Waals surface area contributed by atoms with E-state index in [0.717, 1.165) is 31.5 Å². The maximum absolute atomic E-state index is 10.9. The molecule has 3 rings (SSSR count). The first-order valence-electron chi connectivity index (χ1n) is 8.25. The van der Waals surface area contributed by atoms with Crippen LogP contribution in [0.5, 0.6) is 5.75 Å². The Labute approximate surface area is 174 Å². The normalized spacial score (nSPS) is 10.4. The van der Waals surface area contributed by atoms with Crippen LogP contribution in [-0.2, 0) is 13.2 Å². The predicted octanol–water partition coefficient (Wildman–Crippen LogP) is 6.10. The second kappa shape index (κ2) is 9.06. The molecular weight excluding hydrogens is 474 g/mol. The highest BCUT2D eigenvalue weighted by Crippen LogP contribution is 2.35. The van der Waals surface area contributed by atoms with Crippen molar-refractivity contribution in [1.82, 2.24) is 0 Å². The molecule has 0 amide bonds. The SMILES string of the molecule is O=C(O)c1ccc(NCc2cc(Br)c(OCc3ccccc3)c(Br)c2)cc1. The lowest BCUT2D eigenvalue weighted by Gasteiger charge is -2.13. The van der Waals surface area contributed by atoms with Crippen LogP contribution in [0.2, 0.25) is 0 Å². The van der Waals surface area contributed by atoms with Crippen molar-refractivity contribution in [2.75, 3.05) is 5.32 Å². The molecule has 3 aromatic rings. The summed E-state index contributed by atoms with van der Waals surface area (Å²) in [5, 5.41) is 12.2. The molecule has 4 nitrogen and oxygen atoms in total. The summed E-state index contributed by atoms with van der Waals surface area (Å²) in [6.07, 6.45) is 0. The monoisotopic (exact) mass is 489 g/mol. The Bertz CT molecular complexity index is 905. The van der Waals surface area contributed by atoms with E-state index in [4.69, 9.17) is 9.84 Å². The zero-order valence-electron chi connectivity index (χ0n) is 14.3. The van der Waals surface area contributed by atoms with E-state index in [1.807, 2.05) is 42.5 Å². The average molecular weight is 491 g/mol. The molecule has 0 aliphatic carbocycles.